The standard InChI is InChI=1S/C19H21N3O2/c1-13-10-20-17(14(2)19(13)23)12-22(3)11-16-9-18(24-21-16)15-7-5-4-6-8-15/h4-10H,11-12H2,1-3H3,(H,20,23). The number of H-pyrrole nitrogens is 1. The van der Waals surface area contributed by atoms with Crippen molar-refractivity contribution in [3.63, 3.8) is 0 Å². The zero-order chi connectivity index (χ0) is 17.1. The molecule has 2 aromatic heterocycles. The molecule has 3 rings (SSSR count). The smallest absolute Gasteiger partial charge is 0.187 e. The highest BCUT2D eigenvalue weighted by molar-refractivity contribution is 5.56. The van der Waals surface area contributed by atoms with E-state index >= 15 is 0 Å². The Morgan fingerprint density at radius 2 is 1.92 bits per heavy atom. The third-order valence-electron chi connectivity index (χ3n) is 4.09. The number of aromatic amines is 1. The molecule has 1 aromatic carbocycles. The summed E-state index contributed by atoms with van der Waals surface area (Å²) in [6.07, 6.45) is 1.77. The van der Waals surface area contributed by atoms with Crippen LogP contribution in [0, 0.1) is 13.8 Å². The van der Waals surface area contributed by atoms with Crippen LogP contribution in [-0.4, -0.2) is 22.1 Å². The van der Waals surface area contributed by atoms with Crippen LogP contribution >= 0.6 is 0 Å². The zero-order valence-corrected chi connectivity index (χ0v) is 14.2. The number of hydrogen-bond acceptors (Lipinski definition) is 4. The molecule has 0 radical (unpaired) electrons. The predicted octanol–water partition coefficient (Wildman–Crippen LogP) is 3.28. The van der Waals surface area contributed by atoms with Crippen molar-refractivity contribution in [1.82, 2.24) is 15.0 Å². The highest BCUT2D eigenvalue weighted by Gasteiger charge is 2.11. The molecule has 0 bridgehead atoms. The number of hydrogen-bond donors (Lipinski definition) is 1. The summed E-state index contributed by atoms with van der Waals surface area (Å²) in [4.78, 5) is 17.3. The van der Waals surface area contributed by atoms with Crippen LogP contribution in [0.15, 0.2) is 51.9 Å². The minimum Gasteiger partial charge on any atom is -0.363 e. The first-order valence-corrected chi connectivity index (χ1v) is 7.92. The average molecular weight is 323 g/mol. The van der Waals surface area contributed by atoms with Crippen molar-refractivity contribution in [2.75, 3.05) is 7.05 Å². The molecule has 0 spiro atoms. The zero-order valence-electron chi connectivity index (χ0n) is 14.2. The maximum absolute atomic E-state index is 12.0. The minimum absolute atomic E-state index is 0.102. The van der Waals surface area contributed by atoms with E-state index in [2.05, 4.69) is 15.0 Å². The third kappa shape index (κ3) is 3.46. The van der Waals surface area contributed by atoms with E-state index in [9.17, 15) is 4.79 Å². The van der Waals surface area contributed by atoms with Crippen LogP contribution in [0.2, 0.25) is 0 Å². The molecule has 0 unspecified atom stereocenters. The average Bonchev–Trinajstić information content (AvgIpc) is 3.04. The van der Waals surface area contributed by atoms with Gasteiger partial charge in [-0.2, -0.15) is 0 Å². The van der Waals surface area contributed by atoms with Gasteiger partial charge in [-0.25, -0.2) is 0 Å². The van der Waals surface area contributed by atoms with Gasteiger partial charge in [-0.3, -0.25) is 9.69 Å². The summed E-state index contributed by atoms with van der Waals surface area (Å²) in [6, 6.07) is 11.9. The molecule has 3 aromatic rings. The molecule has 0 fully saturated rings. The van der Waals surface area contributed by atoms with E-state index in [1.54, 1.807) is 6.20 Å². The molecule has 2 heterocycles. The lowest BCUT2D eigenvalue weighted by Gasteiger charge is -2.16. The minimum atomic E-state index is 0.102. The lowest BCUT2D eigenvalue weighted by molar-refractivity contribution is 0.300. The molecule has 5 nitrogen and oxygen atoms in total. The molecule has 0 aliphatic rings. The maximum atomic E-state index is 12.0. The van der Waals surface area contributed by atoms with Gasteiger partial charge in [-0.1, -0.05) is 35.5 Å². The molecule has 0 amide bonds. The Kier molecular flexibility index (Phi) is 4.62. The Hall–Kier alpha value is -2.66. The Morgan fingerprint density at radius 3 is 2.67 bits per heavy atom. The van der Waals surface area contributed by atoms with Gasteiger partial charge in [0.1, 0.15) is 0 Å². The fraction of sp³-hybridized carbons (Fsp3) is 0.263. The summed E-state index contributed by atoms with van der Waals surface area (Å²) in [6.45, 7) is 4.97. The van der Waals surface area contributed by atoms with Gasteiger partial charge in [-0.15, -0.1) is 0 Å². The van der Waals surface area contributed by atoms with Crippen molar-refractivity contribution < 1.29 is 4.52 Å². The van der Waals surface area contributed by atoms with Crippen molar-refractivity contribution in [3.8, 4) is 11.3 Å². The second-order valence-corrected chi connectivity index (χ2v) is 6.13. The first-order valence-electron chi connectivity index (χ1n) is 7.92. The van der Waals surface area contributed by atoms with E-state index in [1.165, 1.54) is 0 Å². The van der Waals surface area contributed by atoms with Crippen molar-refractivity contribution in [1.29, 1.82) is 0 Å². The number of nitrogens with one attached hydrogen (secondary N) is 1. The van der Waals surface area contributed by atoms with E-state index in [-0.39, 0.29) is 5.43 Å². The number of benzene rings is 1. The normalized spacial score (nSPS) is 11.2. The molecular formula is C19H21N3O2. The lowest BCUT2D eigenvalue weighted by atomic mass is 10.1. The number of aromatic nitrogens is 2. The number of pyridine rings is 1. The number of nitrogens with zero attached hydrogens (tertiary/aromatic N) is 2. The number of rotatable bonds is 5. The molecule has 0 aliphatic carbocycles. The first kappa shape index (κ1) is 16.2. The number of aryl methyl sites for hydroxylation is 1. The van der Waals surface area contributed by atoms with Gasteiger partial charge >= 0.3 is 0 Å². The molecule has 5 heteroatoms. The van der Waals surface area contributed by atoms with Crippen LogP contribution in [0.3, 0.4) is 0 Å². The summed E-state index contributed by atoms with van der Waals surface area (Å²) in [5, 5.41) is 4.14. The van der Waals surface area contributed by atoms with Gasteiger partial charge in [0.05, 0.1) is 5.69 Å². The summed E-state index contributed by atoms with van der Waals surface area (Å²) in [7, 11) is 1.99. The third-order valence-corrected chi connectivity index (χ3v) is 4.09. The topological polar surface area (TPSA) is 62.1 Å². The van der Waals surface area contributed by atoms with Crippen molar-refractivity contribution in [2.24, 2.45) is 0 Å². The van der Waals surface area contributed by atoms with Gasteiger partial charge < -0.3 is 9.51 Å². The van der Waals surface area contributed by atoms with Crippen LogP contribution < -0.4 is 5.43 Å². The molecule has 0 aliphatic heterocycles. The van der Waals surface area contributed by atoms with Crippen molar-refractivity contribution >= 4 is 0 Å². The highest BCUT2D eigenvalue weighted by Crippen LogP contribution is 2.20. The quantitative estimate of drug-likeness (QED) is 0.783. The molecule has 0 saturated carbocycles. The summed E-state index contributed by atoms with van der Waals surface area (Å²) >= 11 is 0. The van der Waals surface area contributed by atoms with Gasteiger partial charge in [0.2, 0.25) is 0 Å². The predicted molar refractivity (Wildman–Crippen MR) is 93.6 cm³/mol. The van der Waals surface area contributed by atoms with Crippen LogP contribution in [0.25, 0.3) is 11.3 Å². The fourth-order valence-electron chi connectivity index (χ4n) is 2.69. The Labute approximate surface area is 140 Å². The van der Waals surface area contributed by atoms with Gasteiger partial charge in [0.15, 0.2) is 11.2 Å². The van der Waals surface area contributed by atoms with Crippen LogP contribution in [-0.2, 0) is 13.1 Å². The Morgan fingerprint density at radius 1 is 1.17 bits per heavy atom. The lowest BCUT2D eigenvalue weighted by Crippen LogP contribution is -2.22. The van der Waals surface area contributed by atoms with Gasteiger partial charge in [0.25, 0.3) is 0 Å². The highest BCUT2D eigenvalue weighted by atomic mass is 16.5. The van der Waals surface area contributed by atoms with E-state index in [0.29, 0.717) is 13.1 Å². The van der Waals surface area contributed by atoms with E-state index in [4.69, 9.17) is 4.52 Å². The Bertz CT molecular complexity index is 881. The molecule has 24 heavy (non-hydrogen) atoms. The van der Waals surface area contributed by atoms with Gasteiger partial charge in [0, 0.05) is 47.7 Å². The molecule has 0 saturated heterocycles. The van der Waals surface area contributed by atoms with Gasteiger partial charge in [-0.05, 0) is 20.9 Å². The Balaban J connectivity index is 1.70. The molecular weight excluding hydrogens is 302 g/mol. The molecule has 1 N–H and O–H groups in total. The fourth-order valence-corrected chi connectivity index (χ4v) is 2.69. The van der Waals surface area contributed by atoms with E-state index < -0.39 is 0 Å². The van der Waals surface area contributed by atoms with E-state index in [1.807, 2.05) is 57.3 Å². The molecule has 124 valence electrons. The summed E-state index contributed by atoms with van der Waals surface area (Å²) in [5.74, 6) is 0.763. The summed E-state index contributed by atoms with van der Waals surface area (Å²) < 4.78 is 5.43. The van der Waals surface area contributed by atoms with Crippen molar-refractivity contribution in [2.45, 2.75) is 26.9 Å². The second-order valence-electron chi connectivity index (χ2n) is 6.13. The van der Waals surface area contributed by atoms with E-state index in [0.717, 1.165) is 33.8 Å². The monoisotopic (exact) mass is 323 g/mol. The SMILES string of the molecule is Cc1c[nH]c(CN(C)Cc2cc(-c3ccccc3)on2)c(C)c1=O. The second kappa shape index (κ2) is 6.84. The molecule has 0 atom stereocenters. The summed E-state index contributed by atoms with van der Waals surface area (Å²) in [5.41, 5.74) is 4.42. The van der Waals surface area contributed by atoms with Crippen LogP contribution in [0.4, 0.5) is 0 Å². The van der Waals surface area contributed by atoms with Crippen molar-refractivity contribution in [3.05, 3.63) is 75.3 Å². The van der Waals surface area contributed by atoms with Crippen LogP contribution in [0.1, 0.15) is 22.5 Å². The maximum Gasteiger partial charge on any atom is 0.187 e. The van der Waals surface area contributed by atoms with Crippen LogP contribution in [0.5, 0.6) is 0 Å². The first-order chi connectivity index (χ1) is 11.5. The largest absolute Gasteiger partial charge is 0.363 e.